The Labute approximate surface area is 166 Å². The Hall–Kier alpha value is -2.69. The molecule has 4 rings (SSSR count). The monoisotopic (exact) mass is 399 g/mol. The second-order valence-electron chi connectivity index (χ2n) is 6.64. The van der Waals surface area contributed by atoms with Crippen LogP contribution in [0, 0.1) is 6.92 Å². The molecular formula is C18H21N7O2S. The maximum atomic E-state index is 12.1. The molecule has 146 valence electrons. The zero-order valence-corrected chi connectivity index (χ0v) is 16.4. The molecule has 10 heteroatoms. The minimum Gasteiger partial charge on any atom is -0.360 e. The van der Waals surface area contributed by atoms with Gasteiger partial charge in [0.1, 0.15) is 5.76 Å². The van der Waals surface area contributed by atoms with E-state index in [9.17, 15) is 4.79 Å². The average molecular weight is 399 g/mol. The minimum absolute atomic E-state index is 0.0752. The maximum absolute atomic E-state index is 12.1. The second-order valence-corrected chi connectivity index (χ2v) is 7.50. The Morgan fingerprint density at radius 2 is 1.96 bits per heavy atom. The van der Waals surface area contributed by atoms with Crippen molar-refractivity contribution in [3.8, 4) is 10.8 Å². The first-order valence-electron chi connectivity index (χ1n) is 9.05. The number of aryl methyl sites for hydroxylation is 1. The van der Waals surface area contributed by atoms with E-state index in [-0.39, 0.29) is 5.91 Å². The highest BCUT2D eigenvalue weighted by Gasteiger charge is 2.20. The Morgan fingerprint density at radius 1 is 1.21 bits per heavy atom. The van der Waals surface area contributed by atoms with Crippen molar-refractivity contribution in [2.24, 2.45) is 0 Å². The van der Waals surface area contributed by atoms with Crippen molar-refractivity contribution in [2.45, 2.75) is 13.5 Å². The summed E-state index contributed by atoms with van der Waals surface area (Å²) in [5, 5.41) is 9.45. The zero-order valence-electron chi connectivity index (χ0n) is 15.5. The van der Waals surface area contributed by atoms with Gasteiger partial charge in [-0.1, -0.05) is 5.16 Å². The first-order chi connectivity index (χ1) is 13.7. The van der Waals surface area contributed by atoms with E-state index in [1.807, 2.05) is 0 Å². The maximum Gasteiger partial charge on any atom is 0.239 e. The molecule has 0 atom stereocenters. The van der Waals surface area contributed by atoms with Crippen LogP contribution in [0.4, 0.5) is 5.82 Å². The number of piperazine rings is 1. The molecule has 9 nitrogen and oxygen atoms in total. The quantitative estimate of drug-likeness (QED) is 0.668. The van der Waals surface area contributed by atoms with Gasteiger partial charge in [0.15, 0.2) is 16.6 Å². The highest BCUT2D eigenvalue weighted by Crippen LogP contribution is 2.20. The SMILES string of the molecule is Cc1cc(NC(=O)CN2CCN(Cc3csc(-c4ncccn4)n3)CC2)no1. The van der Waals surface area contributed by atoms with Gasteiger partial charge in [-0.25, -0.2) is 15.0 Å². The van der Waals surface area contributed by atoms with Crippen molar-refractivity contribution in [3.63, 3.8) is 0 Å². The van der Waals surface area contributed by atoms with Crippen LogP contribution in [0.25, 0.3) is 10.8 Å². The lowest BCUT2D eigenvalue weighted by Crippen LogP contribution is -2.48. The molecule has 1 aliphatic rings. The van der Waals surface area contributed by atoms with Crippen LogP contribution in [0.3, 0.4) is 0 Å². The van der Waals surface area contributed by atoms with Gasteiger partial charge in [-0.3, -0.25) is 14.6 Å². The number of thiazole rings is 1. The van der Waals surface area contributed by atoms with Crippen molar-refractivity contribution in [3.05, 3.63) is 41.4 Å². The minimum atomic E-state index is -0.0752. The van der Waals surface area contributed by atoms with Crippen LogP contribution in [0.15, 0.2) is 34.4 Å². The number of aromatic nitrogens is 4. The molecule has 0 bridgehead atoms. The van der Waals surface area contributed by atoms with Gasteiger partial charge in [0.2, 0.25) is 5.91 Å². The lowest BCUT2D eigenvalue weighted by Gasteiger charge is -2.33. The van der Waals surface area contributed by atoms with Gasteiger partial charge in [-0.15, -0.1) is 11.3 Å². The van der Waals surface area contributed by atoms with E-state index in [1.54, 1.807) is 42.8 Å². The molecule has 3 aromatic heterocycles. The van der Waals surface area contributed by atoms with Crippen LogP contribution in [0.1, 0.15) is 11.5 Å². The van der Waals surface area contributed by atoms with E-state index in [4.69, 9.17) is 4.52 Å². The van der Waals surface area contributed by atoms with Gasteiger partial charge in [0.05, 0.1) is 12.2 Å². The molecule has 3 aromatic rings. The van der Waals surface area contributed by atoms with E-state index < -0.39 is 0 Å². The van der Waals surface area contributed by atoms with Crippen LogP contribution < -0.4 is 5.32 Å². The van der Waals surface area contributed by atoms with Crippen molar-refractivity contribution in [1.82, 2.24) is 29.9 Å². The van der Waals surface area contributed by atoms with Crippen LogP contribution in [0.5, 0.6) is 0 Å². The molecule has 0 radical (unpaired) electrons. The molecule has 1 amide bonds. The number of hydrogen-bond acceptors (Lipinski definition) is 9. The summed E-state index contributed by atoms with van der Waals surface area (Å²) in [5.74, 6) is 1.72. The van der Waals surface area contributed by atoms with Gasteiger partial charge in [-0.05, 0) is 13.0 Å². The fourth-order valence-corrected chi connectivity index (χ4v) is 3.79. The molecule has 0 unspecified atom stereocenters. The topological polar surface area (TPSA) is 100 Å². The Bertz CT molecular complexity index is 919. The number of nitrogens with zero attached hydrogens (tertiary/aromatic N) is 6. The molecule has 1 fully saturated rings. The number of amides is 1. The van der Waals surface area contributed by atoms with Crippen molar-refractivity contribution in [1.29, 1.82) is 0 Å². The Balaban J connectivity index is 1.23. The van der Waals surface area contributed by atoms with Crippen LogP contribution in [-0.4, -0.2) is 68.5 Å². The number of anilines is 1. The highest BCUT2D eigenvalue weighted by atomic mass is 32.1. The molecule has 1 saturated heterocycles. The fourth-order valence-electron chi connectivity index (χ4n) is 3.04. The third-order valence-electron chi connectivity index (χ3n) is 4.42. The van der Waals surface area contributed by atoms with Crippen molar-refractivity contribution in [2.75, 3.05) is 38.0 Å². The summed E-state index contributed by atoms with van der Waals surface area (Å²) in [4.78, 5) is 29.8. The van der Waals surface area contributed by atoms with Crippen LogP contribution >= 0.6 is 11.3 Å². The predicted molar refractivity (Wildman–Crippen MR) is 105 cm³/mol. The number of carbonyl (C=O) groups excluding carboxylic acids is 1. The predicted octanol–water partition coefficient (Wildman–Crippen LogP) is 1.65. The van der Waals surface area contributed by atoms with Crippen molar-refractivity contribution < 1.29 is 9.32 Å². The summed E-state index contributed by atoms with van der Waals surface area (Å²) in [6.45, 7) is 6.40. The van der Waals surface area contributed by atoms with Gasteiger partial charge >= 0.3 is 0 Å². The molecule has 4 heterocycles. The summed E-state index contributed by atoms with van der Waals surface area (Å²) in [5.41, 5.74) is 1.03. The van der Waals surface area contributed by atoms with Crippen molar-refractivity contribution >= 4 is 23.1 Å². The fraction of sp³-hybridized carbons (Fsp3) is 0.389. The Morgan fingerprint density at radius 3 is 2.68 bits per heavy atom. The number of rotatable bonds is 6. The van der Waals surface area contributed by atoms with Gasteiger partial charge in [0, 0.05) is 56.6 Å². The molecule has 0 saturated carbocycles. The van der Waals surface area contributed by atoms with E-state index in [0.29, 0.717) is 23.9 Å². The van der Waals surface area contributed by atoms with Gasteiger partial charge in [0.25, 0.3) is 0 Å². The second kappa shape index (κ2) is 8.55. The smallest absolute Gasteiger partial charge is 0.239 e. The highest BCUT2D eigenvalue weighted by molar-refractivity contribution is 7.13. The number of nitrogens with one attached hydrogen (secondary N) is 1. The largest absolute Gasteiger partial charge is 0.360 e. The summed E-state index contributed by atoms with van der Waals surface area (Å²) >= 11 is 1.56. The molecule has 0 aromatic carbocycles. The normalized spacial score (nSPS) is 15.6. The van der Waals surface area contributed by atoms with E-state index >= 15 is 0 Å². The first kappa shape index (κ1) is 18.7. The lowest BCUT2D eigenvalue weighted by atomic mass is 10.3. The van der Waals surface area contributed by atoms with Crippen LogP contribution in [0.2, 0.25) is 0 Å². The zero-order chi connectivity index (χ0) is 19.3. The van der Waals surface area contributed by atoms with E-state index in [1.165, 1.54) is 0 Å². The van der Waals surface area contributed by atoms with Crippen LogP contribution in [-0.2, 0) is 11.3 Å². The molecule has 0 aliphatic carbocycles. The summed E-state index contributed by atoms with van der Waals surface area (Å²) in [6, 6.07) is 3.50. The number of hydrogen-bond donors (Lipinski definition) is 1. The van der Waals surface area contributed by atoms with Gasteiger partial charge < -0.3 is 9.84 Å². The lowest BCUT2D eigenvalue weighted by molar-refractivity contribution is -0.117. The first-order valence-corrected chi connectivity index (χ1v) is 9.93. The molecule has 0 spiro atoms. The molecule has 1 N–H and O–H groups in total. The average Bonchev–Trinajstić information content (AvgIpc) is 3.33. The molecule has 28 heavy (non-hydrogen) atoms. The number of carbonyl (C=O) groups is 1. The Kier molecular flexibility index (Phi) is 5.70. The standard InChI is InChI=1S/C18H21N7O2S/c1-13-9-15(23-27-13)22-16(26)11-25-7-5-24(6-8-25)10-14-12-28-18(21-14)17-19-3-2-4-20-17/h2-4,9,12H,5-8,10-11H2,1H3,(H,22,23,26). The molecule has 1 aliphatic heterocycles. The summed E-state index contributed by atoms with van der Waals surface area (Å²) < 4.78 is 4.96. The van der Waals surface area contributed by atoms with Gasteiger partial charge in [-0.2, -0.15) is 0 Å². The third-order valence-corrected chi connectivity index (χ3v) is 5.31. The van der Waals surface area contributed by atoms with E-state index in [0.717, 1.165) is 43.4 Å². The molecular weight excluding hydrogens is 378 g/mol. The summed E-state index contributed by atoms with van der Waals surface area (Å²) in [6.07, 6.45) is 3.45. The summed E-state index contributed by atoms with van der Waals surface area (Å²) in [7, 11) is 0. The van der Waals surface area contributed by atoms with E-state index in [2.05, 4.69) is 40.6 Å². The third kappa shape index (κ3) is 4.77.